The van der Waals surface area contributed by atoms with Crippen molar-refractivity contribution in [1.82, 2.24) is 14.9 Å². The van der Waals surface area contributed by atoms with Crippen LogP contribution in [0.25, 0.3) is 11.4 Å². The van der Waals surface area contributed by atoms with Gasteiger partial charge in [0.1, 0.15) is 5.82 Å². The summed E-state index contributed by atoms with van der Waals surface area (Å²) in [6.45, 7) is 6.05. The highest BCUT2D eigenvalue weighted by atomic mass is 32.2. The summed E-state index contributed by atoms with van der Waals surface area (Å²) < 4.78 is 15.1. The maximum absolute atomic E-state index is 13.9. The molecule has 7 nitrogen and oxygen atoms in total. The number of amides is 1. The number of nitrogen functional groups attached to an aromatic ring is 1. The Labute approximate surface area is 173 Å². The highest BCUT2D eigenvalue weighted by molar-refractivity contribution is 7.99. The zero-order valence-electron chi connectivity index (χ0n) is 16.3. The quantitative estimate of drug-likeness (QED) is 0.434. The van der Waals surface area contributed by atoms with Gasteiger partial charge < -0.3 is 16.1 Å². The Morgan fingerprint density at radius 1 is 1.14 bits per heavy atom. The summed E-state index contributed by atoms with van der Waals surface area (Å²) in [4.78, 5) is 14.5. The first kappa shape index (κ1) is 20.7. The second-order valence-electron chi connectivity index (χ2n) is 6.21. The summed E-state index contributed by atoms with van der Waals surface area (Å²) in [6, 6.07) is 13.9. The molecule has 3 N–H and O–H groups in total. The van der Waals surface area contributed by atoms with E-state index in [0.717, 1.165) is 30.5 Å². The smallest absolute Gasteiger partial charge is 0.234 e. The normalized spacial score (nSPS) is 10.7. The minimum absolute atomic E-state index is 0.102. The van der Waals surface area contributed by atoms with E-state index in [-0.39, 0.29) is 23.0 Å². The van der Waals surface area contributed by atoms with E-state index >= 15 is 0 Å². The van der Waals surface area contributed by atoms with Gasteiger partial charge in [0.05, 0.1) is 11.3 Å². The van der Waals surface area contributed by atoms with Gasteiger partial charge in [0.15, 0.2) is 5.82 Å². The number of nitrogens with zero attached hydrogens (tertiary/aromatic N) is 4. The summed E-state index contributed by atoms with van der Waals surface area (Å²) in [5.41, 5.74) is 2.08. The molecule has 0 aliphatic heterocycles. The van der Waals surface area contributed by atoms with Crippen LogP contribution in [0.15, 0.2) is 53.7 Å². The van der Waals surface area contributed by atoms with Gasteiger partial charge in [-0.1, -0.05) is 23.9 Å². The Hall–Kier alpha value is -3.07. The number of nitrogens with one attached hydrogen (secondary N) is 1. The Morgan fingerprint density at radius 2 is 1.83 bits per heavy atom. The largest absolute Gasteiger partial charge is 0.372 e. The lowest BCUT2D eigenvalue weighted by molar-refractivity contribution is -0.113. The predicted octanol–water partition coefficient (Wildman–Crippen LogP) is 3.38. The molecule has 1 amide bonds. The van der Waals surface area contributed by atoms with Gasteiger partial charge in [-0.25, -0.2) is 9.07 Å². The summed E-state index contributed by atoms with van der Waals surface area (Å²) in [5.74, 6) is 5.66. The number of hydrogen-bond acceptors (Lipinski definition) is 6. The van der Waals surface area contributed by atoms with E-state index in [4.69, 9.17) is 5.84 Å². The van der Waals surface area contributed by atoms with Crippen molar-refractivity contribution in [1.29, 1.82) is 0 Å². The number of aromatic nitrogens is 3. The SMILES string of the molecule is CCN(CC)c1ccc(NC(=O)CSc2nnc(-c3ccccc3F)n2N)cc1. The van der Waals surface area contributed by atoms with E-state index in [1.54, 1.807) is 18.2 Å². The topological polar surface area (TPSA) is 89.1 Å². The summed E-state index contributed by atoms with van der Waals surface area (Å²) >= 11 is 1.13. The number of nitrogens with two attached hydrogens (primary N) is 1. The number of anilines is 2. The van der Waals surface area contributed by atoms with Crippen molar-refractivity contribution in [3.63, 3.8) is 0 Å². The Morgan fingerprint density at radius 3 is 2.48 bits per heavy atom. The van der Waals surface area contributed by atoms with Crippen molar-refractivity contribution in [2.75, 3.05) is 34.9 Å². The number of hydrogen-bond donors (Lipinski definition) is 2. The molecule has 0 fully saturated rings. The van der Waals surface area contributed by atoms with Gasteiger partial charge in [-0.3, -0.25) is 4.79 Å². The molecule has 0 spiro atoms. The third-order valence-corrected chi connectivity index (χ3v) is 5.33. The minimum Gasteiger partial charge on any atom is -0.372 e. The van der Waals surface area contributed by atoms with E-state index < -0.39 is 5.82 Å². The van der Waals surface area contributed by atoms with Gasteiger partial charge in [0.25, 0.3) is 0 Å². The Balaban J connectivity index is 1.59. The standard InChI is InChI=1S/C20H23FN6OS/c1-3-26(4-2)15-11-9-14(10-12-15)23-18(28)13-29-20-25-24-19(27(20)22)16-7-5-6-8-17(16)21/h5-12H,3-4,13,22H2,1-2H3,(H,23,28). The average Bonchev–Trinajstić information content (AvgIpc) is 3.09. The molecule has 0 aliphatic rings. The van der Waals surface area contributed by atoms with Crippen LogP contribution in [0.2, 0.25) is 0 Å². The number of thioether (sulfide) groups is 1. The second kappa shape index (κ2) is 9.42. The minimum atomic E-state index is -0.436. The van der Waals surface area contributed by atoms with Crippen LogP contribution in [0.1, 0.15) is 13.8 Å². The molecule has 0 bridgehead atoms. The zero-order valence-corrected chi connectivity index (χ0v) is 17.1. The summed E-state index contributed by atoms with van der Waals surface area (Å²) in [5, 5.41) is 11.1. The van der Waals surface area contributed by atoms with E-state index in [1.165, 1.54) is 10.7 Å². The van der Waals surface area contributed by atoms with Crippen LogP contribution in [0.5, 0.6) is 0 Å². The van der Waals surface area contributed by atoms with Gasteiger partial charge in [-0.05, 0) is 50.2 Å². The van der Waals surface area contributed by atoms with Crippen LogP contribution >= 0.6 is 11.8 Å². The molecule has 0 aliphatic carbocycles. The van der Waals surface area contributed by atoms with Crippen LogP contribution in [-0.2, 0) is 4.79 Å². The molecule has 1 aromatic heterocycles. The fraction of sp³-hybridized carbons (Fsp3) is 0.250. The Bertz CT molecular complexity index is 971. The van der Waals surface area contributed by atoms with Gasteiger partial charge in [0, 0.05) is 24.5 Å². The maximum atomic E-state index is 13.9. The van der Waals surface area contributed by atoms with Crippen LogP contribution in [0.3, 0.4) is 0 Å². The van der Waals surface area contributed by atoms with Crippen molar-refractivity contribution in [3.8, 4) is 11.4 Å². The van der Waals surface area contributed by atoms with Gasteiger partial charge in [0.2, 0.25) is 11.1 Å². The number of carbonyl (C=O) groups excluding carboxylic acids is 1. The van der Waals surface area contributed by atoms with Gasteiger partial charge >= 0.3 is 0 Å². The molecule has 0 atom stereocenters. The first-order valence-electron chi connectivity index (χ1n) is 9.26. The Kier molecular flexibility index (Phi) is 6.71. The molecule has 1 heterocycles. The van der Waals surface area contributed by atoms with Crippen molar-refractivity contribution >= 4 is 29.0 Å². The van der Waals surface area contributed by atoms with E-state index in [9.17, 15) is 9.18 Å². The first-order chi connectivity index (χ1) is 14.0. The summed E-state index contributed by atoms with van der Waals surface area (Å²) in [6.07, 6.45) is 0. The molecule has 0 saturated carbocycles. The fourth-order valence-corrected chi connectivity index (χ4v) is 3.53. The predicted molar refractivity (Wildman–Crippen MR) is 115 cm³/mol. The molecule has 2 aromatic carbocycles. The molecule has 3 rings (SSSR count). The molecule has 0 saturated heterocycles. The highest BCUT2D eigenvalue weighted by Gasteiger charge is 2.16. The van der Waals surface area contributed by atoms with Crippen LogP contribution in [0.4, 0.5) is 15.8 Å². The third-order valence-electron chi connectivity index (χ3n) is 4.39. The molecule has 9 heteroatoms. The molecule has 152 valence electrons. The lowest BCUT2D eigenvalue weighted by Gasteiger charge is -2.21. The lowest BCUT2D eigenvalue weighted by atomic mass is 10.2. The molecular formula is C20H23FN6OS. The van der Waals surface area contributed by atoms with Crippen molar-refractivity contribution in [3.05, 3.63) is 54.3 Å². The van der Waals surface area contributed by atoms with Crippen LogP contribution in [-0.4, -0.2) is 39.6 Å². The van der Waals surface area contributed by atoms with Crippen LogP contribution < -0.4 is 16.1 Å². The van der Waals surface area contributed by atoms with E-state index in [2.05, 4.69) is 34.3 Å². The second-order valence-corrected chi connectivity index (χ2v) is 7.15. The van der Waals surface area contributed by atoms with Crippen molar-refractivity contribution in [2.45, 2.75) is 19.0 Å². The molecule has 0 radical (unpaired) electrons. The van der Waals surface area contributed by atoms with E-state index in [0.29, 0.717) is 10.8 Å². The highest BCUT2D eigenvalue weighted by Crippen LogP contribution is 2.24. The maximum Gasteiger partial charge on any atom is 0.234 e. The number of benzene rings is 2. The molecule has 29 heavy (non-hydrogen) atoms. The number of carbonyl (C=O) groups is 1. The molecular weight excluding hydrogens is 391 g/mol. The third kappa shape index (κ3) is 4.86. The van der Waals surface area contributed by atoms with Gasteiger partial charge in [-0.15, -0.1) is 10.2 Å². The average molecular weight is 415 g/mol. The van der Waals surface area contributed by atoms with E-state index in [1.807, 2.05) is 24.3 Å². The first-order valence-corrected chi connectivity index (χ1v) is 10.2. The monoisotopic (exact) mass is 414 g/mol. The zero-order chi connectivity index (χ0) is 20.8. The molecule has 3 aromatic rings. The van der Waals surface area contributed by atoms with Gasteiger partial charge in [-0.2, -0.15) is 0 Å². The number of rotatable bonds is 8. The van der Waals surface area contributed by atoms with Crippen molar-refractivity contribution in [2.24, 2.45) is 0 Å². The van der Waals surface area contributed by atoms with Crippen LogP contribution in [0, 0.1) is 5.82 Å². The fourth-order valence-electron chi connectivity index (χ4n) is 2.87. The lowest BCUT2D eigenvalue weighted by Crippen LogP contribution is -2.21. The van der Waals surface area contributed by atoms with Crippen molar-refractivity contribution < 1.29 is 9.18 Å². The summed E-state index contributed by atoms with van der Waals surface area (Å²) in [7, 11) is 0. The number of halogens is 1. The molecule has 0 unspecified atom stereocenters.